The molecule has 0 bridgehead atoms. The Kier molecular flexibility index (Phi) is 6.50. The molecule has 0 saturated carbocycles. The van der Waals surface area contributed by atoms with E-state index in [4.69, 9.17) is 8.83 Å². The summed E-state index contributed by atoms with van der Waals surface area (Å²) in [4.78, 5) is 0. The van der Waals surface area contributed by atoms with Gasteiger partial charge in [-0.25, -0.2) is 0 Å². The Morgan fingerprint density at radius 2 is 0.792 bits per heavy atom. The number of rotatable bonds is 5. The fraction of sp³-hybridized carbons (Fsp3) is 0.0196. The highest BCUT2D eigenvalue weighted by Crippen LogP contribution is 2.49. The standard InChI is InChI=1S/C51H32O2/c1-31-18-20-33(21-19-31)42-29-44(48-27-36-12-5-7-16-46(36)52-48)40-25-23-39-43(35-15-9-14-34(26-35)32-10-3-2-4-11-32)30-45(41-24-22-38(42)50(40)51(39)41)49-28-37-13-6-8-17-47(37)53-49/h2-30H,1H3. The van der Waals surface area contributed by atoms with Crippen LogP contribution >= 0.6 is 0 Å². The Balaban J connectivity index is 1.28. The molecule has 11 rings (SSSR count). The molecule has 0 atom stereocenters. The van der Waals surface area contributed by atoms with Gasteiger partial charge >= 0.3 is 0 Å². The van der Waals surface area contributed by atoms with E-state index in [0.29, 0.717) is 0 Å². The fourth-order valence-electron chi connectivity index (χ4n) is 8.34. The lowest BCUT2D eigenvalue weighted by molar-refractivity contribution is 0.632. The Morgan fingerprint density at radius 1 is 0.321 bits per heavy atom. The molecule has 9 aromatic carbocycles. The zero-order valence-corrected chi connectivity index (χ0v) is 29.1. The van der Waals surface area contributed by atoms with E-state index in [0.717, 1.165) is 55.5 Å². The van der Waals surface area contributed by atoms with Crippen molar-refractivity contribution < 1.29 is 8.83 Å². The van der Waals surface area contributed by atoms with Gasteiger partial charge in [0.05, 0.1) is 0 Å². The molecule has 0 aliphatic rings. The second-order valence-corrected chi connectivity index (χ2v) is 14.1. The summed E-state index contributed by atoms with van der Waals surface area (Å²) in [5.74, 6) is 1.73. The van der Waals surface area contributed by atoms with E-state index in [-0.39, 0.29) is 0 Å². The van der Waals surface area contributed by atoms with Crippen LogP contribution in [0, 0.1) is 6.92 Å². The minimum absolute atomic E-state index is 0.862. The number of hydrogen-bond donors (Lipinski definition) is 0. The van der Waals surface area contributed by atoms with Gasteiger partial charge in [0, 0.05) is 21.9 Å². The minimum Gasteiger partial charge on any atom is -0.456 e. The van der Waals surface area contributed by atoms with Crippen molar-refractivity contribution in [1.82, 2.24) is 0 Å². The van der Waals surface area contributed by atoms with Gasteiger partial charge in [-0.2, -0.15) is 0 Å². The maximum absolute atomic E-state index is 6.64. The normalized spacial score (nSPS) is 11.9. The first-order chi connectivity index (χ1) is 26.2. The molecule has 0 aliphatic carbocycles. The second kappa shape index (κ2) is 11.6. The molecule has 2 heteroatoms. The topological polar surface area (TPSA) is 26.3 Å². The van der Waals surface area contributed by atoms with E-state index >= 15 is 0 Å². The van der Waals surface area contributed by atoms with Crippen molar-refractivity contribution in [3.8, 4) is 56.0 Å². The molecule has 2 aromatic heterocycles. The summed E-state index contributed by atoms with van der Waals surface area (Å²) in [5.41, 5.74) is 12.3. The van der Waals surface area contributed by atoms with Crippen LogP contribution in [0.1, 0.15) is 5.56 Å². The van der Waals surface area contributed by atoms with Crippen LogP contribution in [0.25, 0.3) is 110 Å². The summed E-state index contributed by atoms with van der Waals surface area (Å²) in [6, 6.07) is 63.2. The first kappa shape index (κ1) is 29.8. The summed E-state index contributed by atoms with van der Waals surface area (Å²) in [7, 11) is 0. The van der Waals surface area contributed by atoms with Gasteiger partial charge in [0.15, 0.2) is 0 Å². The molecule has 248 valence electrons. The maximum Gasteiger partial charge on any atom is 0.136 e. The molecule has 0 N–H and O–H groups in total. The first-order valence-corrected chi connectivity index (χ1v) is 18.2. The van der Waals surface area contributed by atoms with E-state index in [9.17, 15) is 0 Å². The van der Waals surface area contributed by atoms with Gasteiger partial charge in [0.1, 0.15) is 22.7 Å². The van der Waals surface area contributed by atoms with E-state index in [1.807, 2.05) is 24.3 Å². The summed E-state index contributed by atoms with van der Waals surface area (Å²) >= 11 is 0. The van der Waals surface area contributed by atoms with E-state index in [1.165, 1.54) is 60.3 Å². The highest BCUT2D eigenvalue weighted by atomic mass is 16.3. The van der Waals surface area contributed by atoms with Crippen LogP contribution in [0.5, 0.6) is 0 Å². The van der Waals surface area contributed by atoms with Crippen LogP contribution in [0.4, 0.5) is 0 Å². The molecular formula is C51H32O2. The average Bonchev–Trinajstić information content (AvgIpc) is 3.85. The monoisotopic (exact) mass is 676 g/mol. The number of benzene rings is 9. The Hall–Kier alpha value is -6.90. The van der Waals surface area contributed by atoms with E-state index in [2.05, 4.69) is 159 Å². The Labute approximate surface area is 306 Å². The van der Waals surface area contributed by atoms with Gasteiger partial charge in [-0.15, -0.1) is 0 Å². The number of aryl methyl sites for hydroxylation is 1. The molecule has 2 heterocycles. The van der Waals surface area contributed by atoms with Gasteiger partial charge in [0.2, 0.25) is 0 Å². The molecule has 0 unspecified atom stereocenters. The van der Waals surface area contributed by atoms with Crippen LogP contribution < -0.4 is 0 Å². The zero-order valence-electron chi connectivity index (χ0n) is 29.1. The summed E-state index contributed by atoms with van der Waals surface area (Å²) < 4.78 is 13.3. The molecule has 0 amide bonds. The quantitative estimate of drug-likeness (QED) is 0.170. The van der Waals surface area contributed by atoms with Crippen molar-refractivity contribution in [1.29, 1.82) is 0 Å². The van der Waals surface area contributed by atoms with Gasteiger partial charge in [0.25, 0.3) is 0 Å². The first-order valence-electron chi connectivity index (χ1n) is 18.2. The Bertz CT molecular complexity index is 3090. The predicted octanol–water partition coefficient (Wildman–Crippen LogP) is 14.7. The molecule has 0 spiro atoms. The lowest BCUT2D eigenvalue weighted by atomic mass is 9.83. The van der Waals surface area contributed by atoms with Crippen LogP contribution in [0.3, 0.4) is 0 Å². The molecule has 53 heavy (non-hydrogen) atoms. The molecule has 11 aromatic rings. The maximum atomic E-state index is 6.64. The molecule has 0 aliphatic heterocycles. The van der Waals surface area contributed by atoms with Crippen molar-refractivity contribution in [3.63, 3.8) is 0 Å². The molecule has 0 fully saturated rings. The lowest BCUT2D eigenvalue weighted by Crippen LogP contribution is -1.94. The molecule has 0 radical (unpaired) electrons. The number of hydrogen-bond acceptors (Lipinski definition) is 2. The van der Waals surface area contributed by atoms with Crippen LogP contribution in [0.2, 0.25) is 0 Å². The highest BCUT2D eigenvalue weighted by molar-refractivity contribution is 6.32. The molecular weight excluding hydrogens is 645 g/mol. The molecule has 2 nitrogen and oxygen atoms in total. The predicted molar refractivity (Wildman–Crippen MR) is 222 cm³/mol. The summed E-state index contributed by atoms with van der Waals surface area (Å²) in [6.45, 7) is 2.14. The second-order valence-electron chi connectivity index (χ2n) is 14.1. The smallest absolute Gasteiger partial charge is 0.136 e. The highest BCUT2D eigenvalue weighted by Gasteiger charge is 2.23. The summed E-state index contributed by atoms with van der Waals surface area (Å²) in [6.07, 6.45) is 0. The third kappa shape index (κ3) is 4.73. The van der Waals surface area contributed by atoms with E-state index in [1.54, 1.807) is 0 Å². The third-order valence-corrected chi connectivity index (χ3v) is 10.9. The third-order valence-electron chi connectivity index (χ3n) is 10.9. The lowest BCUT2D eigenvalue weighted by Gasteiger charge is -2.20. The van der Waals surface area contributed by atoms with Crippen molar-refractivity contribution in [3.05, 3.63) is 181 Å². The number of para-hydroxylation sites is 2. The van der Waals surface area contributed by atoms with Gasteiger partial charge in [-0.05, 0) is 115 Å². The zero-order chi connectivity index (χ0) is 35.0. The van der Waals surface area contributed by atoms with Gasteiger partial charge < -0.3 is 8.83 Å². The van der Waals surface area contributed by atoms with Crippen LogP contribution in [-0.2, 0) is 0 Å². The minimum atomic E-state index is 0.862. The van der Waals surface area contributed by atoms with Crippen molar-refractivity contribution in [2.24, 2.45) is 0 Å². The van der Waals surface area contributed by atoms with Crippen molar-refractivity contribution in [2.45, 2.75) is 6.92 Å². The van der Waals surface area contributed by atoms with Crippen LogP contribution in [0.15, 0.2) is 185 Å². The fourth-order valence-corrected chi connectivity index (χ4v) is 8.34. The van der Waals surface area contributed by atoms with Crippen molar-refractivity contribution in [2.75, 3.05) is 0 Å². The number of furan rings is 2. The van der Waals surface area contributed by atoms with Crippen LogP contribution in [-0.4, -0.2) is 0 Å². The van der Waals surface area contributed by atoms with E-state index < -0.39 is 0 Å². The van der Waals surface area contributed by atoms with Crippen molar-refractivity contribution >= 4 is 54.3 Å². The van der Waals surface area contributed by atoms with Gasteiger partial charge in [-0.1, -0.05) is 139 Å². The largest absolute Gasteiger partial charge is 0.456 e. The average molecular weight is 677 g/mol. The number of fused-ring (bicyclic) bond motifs is 2. The molecule has 0 saturated heterocycles. The summed E-state index contributed by atoms with van der Waals surface area (Å²) in [5, 5.41) is 9.40. The SMILES string of the molecule is Cc1ccc(-c2cc(-c3cc4ccccc4o3)c3ccc4c(-c5cccc(-c6ccccc6)c5)cc(-c5cc6ccccc6o5)c5ccc2c3c45)cc1. The van der Waals surface area contributed by atoms with Gasteiger partial charge in [-0.3, -0.25) is 0 Å². The Morgan fingerprint density at radius 3 is 1.36 bits per heavy atom.